The van der Waals surface area contributed by atoms with Crippen LogP contribution in [0.5, 0.6) is 0 Å². The molecule has 0 bridgehead atoms. The second-order valence-corrected chi connectivity index (χ2v) is 20.4. The molecule has 0 spiro atoms. The Morgan fingerprint density at radius 1 is 0.960 bits per heavy atom. The van der Waals surface area contributed by atoms with Crippen LogP contribution in [0.4, 0.5) is 9.93 Å². The number of aliphatic carboxylic acids is 1. The fourth-order valence-corrected chi connectivity index (χ4v) is 13.6. The molecule has 10 nitrogen and oxygen atoms in total. The Bertz CT molecular complexity index is 1560. The van der Waals surface area contributed by atoms with Crippen LogP contribution in [0.1, 0.15) is 132 Å². The maximum atomic E-state index is 13.9. The van der Waals surface area contributed by atoms with Crippen molar-refractivity contribution in [1.29, 1.82) is 0 Å². The third-order valence-corrected chi connectivity index (χ3v) is 16.3. The molecule has 5 aliphatic carbocycles. The van der Waals surface area contributed by atoms with Crippen LogP contribution in [0, 0.1) is 69.5 Å². The van der Waals surface area contributed by atoms with Crippen molar-refractivity contribution in [2.75, 3.05) is 5.32 Å². The molecule has 2 amide bonds. The van der Waals surface area contributed by atoms with Crippen LogP contribution < -0.4 is 10.6 Å². The van der Waals surface area contributed by atoms with E-state index in [0.717, 1.165) is 56.4 Å². The number of ketones is 1. The number of urea groups is 1. The number of carbonyl (C=O) groups is 4. The van der Waals surface area contributed by atoms with Crippen molar-refractivity contribution < 1.29 is 29.0 Å². The number of esters is 1. The molecule has 0 saturated heterocycles. The molecule has 1 heterocycles. The summed E-state index contributed by atoms with van der Waals surface area (Å²) in [6.45, 7) is 21.4. The van der Waals surface area contributed by atoms with E-state index in [0.29, 0.717) is 29.3 Å². The van der Waals surface area contributed by atoms with Crippen molar-refractivity contribution in [3.05, 3.63) is 5.01 Å². The highest BCUT2D eigenvalue weighted by atomic mass is 32.1. The summed E-state index contributed by atoms with van der Waals surface area (Å²) in [5.74, 6) is 0.179. The molecule has 5 aliphatic rings. The number of nitrogens with one attached hydrogen (secondary N) is 2. The number of hydrogen-bond acceptors (Lipinski definition) is 8. The van der Waals surface area contributed by atoms with Gasteiger partial charge < -0.3 is 15.2 Å². The van der Waals surface area contributed by atoms with Gasteiger partial charge in [-0.25, -0.2) is 4.79 Å². The van der Waals surface area contributed by atoms with Crippen LogP contribution in [-0.4, -0.2) is 50.7 Å². The van der Waals surface area contributed by atoms with Crippen molar-refractivity contribution in [2.24, 2.45) is 62.6 Å². The normalized spacial score (nSPS) is 40.6. The summed E-state index contributed by atoms with van der Waals surface area (Å²) >= 11 is 1.34. The zero-order valence-electron chi connectivity index (χ0n) is 31.9. The van der Waals surface area contributed by atoms with E-state index in [1.165, 1.54) is 11.3 Å². The predicted molar refractivity (Wildman–Crippen MR) is 192 cm³/mol. The van der Waals surface area contributed by atoms with Gasteiger partial charge in [0.1, 0.15) is 16.9 Å². The Hall–Kier alpha value is -2.56. The van der Waals surface area contributed by atoms with Crippen LogP contribution in [-0.2, 0) is 19.1 Å². The van der Waals surface area contributed by atoms with Gasteiger partial charge in [-0.3, -0.25) is 19.7 Å². The van der Waals surface area contributed by atoms with Crippen LogP contribution in [0.2, 0.25) is 0 Å². The predicted octanol–water partition coefficient (Wildman–Crippen LogP) is 8.05. The summed E-state index contributed by atoms with van der Waals surface area (Å²) in [5.41, 5.74) is -1.89. The molecular formula is C39H60N4O6S. The first-order valence-electron chi connectivity index (χ1n) is 19.0. The van der Waals surface area contributed by atoms with Crippen molar-refractivity contribution >= 4 is 40.2 Å². The number of carboxylic acid groups (broad SMARTS) is 1. The highest BCUT2D eigenvalue weighted by molar-refractivity contribution is 7.15. The summed E-state index contributed by atoms with van der Waals surface area (Å²) < 4.78 is 6.15. The van der Waals surface area contributed by atoms with E-state index in [1.807, 2.05) is 6.92 Å². The van der Waals surface area contributed by atoms with Gasteiger partial charge in [0, 0.05) is 17.8 Å². The first-order chi connectivity index (χ1) is 23.1. The number of aromatic nitrogens is 2. The standard InChI is InChI=1S/C39H60N4O6S/c1-21(2)29-24(44)19-39(41-32(48)40-33-43-42-22(3)50-33)18-17-37(9)23(30(29)39)11-12-26-36(8)15-14-27(49-28(45)20-34(4,5)31(46)47)35(6,7)25(36)13-16-38(26,37)10/h21,23,25-27,29-30H,11-20H2,1-10H3,(H,46,47)(H2,40,41,43,48)/t23?,25?,26?,27-,29?,30?,36?,37+,38+,39+/m0/s1. The maximum Gasteiger partial charge on any atom is 0.321 e. The molecule has 3 N–H and O–H groups in total. The van der Waals surface area contributed by atoms with Gasteiger partial charge >= 0.3 is 18.0 Å². The number of carboxylic acids is 1. The Kier molecular flexibility index (Phi) is 9.12. The zero-order chi connectivity index (χ0) is 36.8. The highest BCUT2D eigenvalue weighted by Gasteiger charge is 2.72. The molecule has 11 heteroatoms. The topological polar surface area (TPSA) is 148 Å². The summed E-state index contributed by atoms with van der Waals surface area (Å²) in [4.78, 5) is 52.3. The number of amides is 2. The van der Waals surface area contributed by atoms with Crippen LogP contribution >= 0.6 is 11.3 Å². The zero-order valence-corrected chi connectivity index (χ0v) is 32.7. The Balaban J connectivity index is 1.26. The van der Waals surface area contributed by atoms with Gasteiger partial charge in [-0.1, -0.05) is 59.8 Å². The Morgan fingerprint density at radius 3 is 2.28 bits per heavy atom. The molecule has 0 aliphatic heterocycles. The fourth-order valence-electron chi connectivity index (χ4n) is 13.0. The van der Waals surface area contributed by atoms with Crippen LogP contribution in [0.15, 0.2) is 0 Å². The van der Waals surface area contributed by atoms with Crippen molar-refractivity contribution in [3.8, 4) is 0 Å². The third-order valence-electron chi connectivity index (χ3n) is 15.6. The summed E-state index contributed by atoms with van der Waals surface area (Å²) in [5, 5.41) is 25.3. The quantitative estimate of drug-likeness (QED) is 0.241. The lowest BCUT2D eigenvalue weighted by molar-refractivity contribution is -0.247. The molecule has 50 heavy (non-hydrogen) atoms. The smallest absolute Gasteiger partial charge is 0.321 e. The summed E-state index contributed by atoms with van der Waals surface area (Å²) in [6, 6.07) is -0.300. The molecule has 6 rings (SSSR count). The van der Waals surface area contributed by atoms with E-state index in [2.05, 4.69) is 69.3 Å². The summed E-state index contributed by atoms with van der Waals surface area (Å²) in [6.07, 6.45) is 7.70. The maximum absolute atomic E-state index is 13.9. The van der Waals surface area contributed by atoms with E-state index < -0.39 is 22.9 Å². The average molecular weight is 713 g/mol. The van der Waals surface area contributed by atoms with E-state index in [4.69, 9.17) is 4.74 Å². The second-order valence-electron chi connectivity index (χ2n) is 19.2. The minimum absolute atomic E-state index is 0.000190. The van der Waals surface area contributed by atoms with Gasteiger partial charge in [0.15, 0.2) is 0 Å². The summed E-state index contributed by atoms with van der Waals surface area (Å²) in [7, 11) is 0. The number of carbonyl (C=O) groups excluding carboxylic acids is 3. The molecule has 5 saturated carbocycles. The van der Waals surface area contributed by atoms with Crippen molar-refractivity contribution in [2.45, 2.75) is 145 Å². The van der Waals surface area contributed by atoms with Crippen LogP contribution in [0.3, 0.4) is 0 Å². The monoisotopic (exact) mass is 712 g/mol. The van der Waals surface area contributed by atoms with Gasteiger partial charge in [-0.05, 0) is 118 Å². The van der Waals surface area contributed by atoms with Gasteiger partial charge in [-0.2, -0.15) is 0 Å². The fraction of sp³-hybridized carbons (Fsp3) is 0.846. The number of hydrogen-bond donors (Lipinski definition) is 3. The number of fused-ring (bicyclic) bond motifs is 7. The molecule has 6 unspecified atom stereocenters. The molecule has 0 radical (unpaired) electrons. The highest BCUT2D eigenvalue weighted by Crippen LogP contribution is 2.76. The Morgan fingerprint density at radius 2 is 1.66 bits per heavy atom. The lowest BCUT2D eigenvalue weighted by Gasteiger charge is -2.73. The van der Waals surface area contributed by atoms with Gasteiger partial charge in [0.05, 0.1) is 17.4 Å². The molecule has 278 valence electrons. The van der Waals surface area contributed by atoms with Crippen molar-refractivity contribution in [3.63, 3.8) is 0 Å². The average Bonchev–Trinajstić information content (AvgIpc) is 3.53. The van der Waals surface area contributed by atoms with E-state index in [1.54, 1.807) is 13.8 Å². The largest absolute Gasteiger partial charge is 0.481 e. The lowest BCUT2D eigenvalue weighted by Crippen LogP contribution is -2.69. The molecule has 0 aromatic carbocycles. The lowest BCUT2D eigenvalue weighted by atomic mass is 9.32. The van der Waals surface area contributed by atoms with Crippen molar-refractivity contribution in [1.82, 2.24) is 15.5 Å². The van der Waals surface area contributed by atoms with Crippen LogP contribution in [0.25, 0.3) is 0 Å². The number of Topliss-reactive ketones (excluding diaryl/α,β-unsaturated/α-hetero) is 1. The van der Waals surface area contributed by atoms with E-state index in [9.17, 15) is 24.3 Å². The molecular weight excluding hydrogens is 653 g/mol. The number of ether oxygens (including phenoxy) is 1. The SMILES string of the molecule is Cc1nnc(NC(=O)N[C@@]23CC[C@]4(C)C(CCC5C6(C)CC[C@H](OC(=O)CC(C)(C)C(=O)O)C(C)(C)C6CC[C@]54C)C2C(C(C)C)C(=O)C3)s1. The van der Waals surface area contributed by atoms with Gasteiger partial charge in [0.25, 0.3) is 0 Å². The second kappa shape index (κ2) is 12.3. The molecule has 1 aromatic heterocycles. The number of aryl methyl sites for hydroxylation is 1. The minimum Gasteiger partial charge on any atom is -0.481 e. The molecule has 10 atom stereocenters. The third kappa shape index (κ3) is 5.61. The van der Waals surface area contributed by atoms with E-state index >= 15 is 0 Å². The van der Waals surface area contributed by atoms with Gasteiger partial charge in [-0.15, -0.1) is 10.2 Å². The minimum atomic E-state index is -1.17. The number of anilines is 1. The number of rotatable bonds is 7. The van der Waals surface area contributed by atoms with Gasteiger partial charge in [0.2, 0.25) is 5.13 Å². The van der Waals surface area contributed by atoms with E-state index in [-0.39, 0.29) is 63.8 Å². The molecule has 5 fully saturated rings. The Labute approximate surface area is 302 Å². The first-order valence-corrected chi connectivity index (χ1v) is 19.8. The first kappa shape index (κ1) is 37.2. The molecule has 1 aromatic rings. The number of nitrogens with zero attached hydrogens (tertiary/aromatic N) is 2.